The monoisotopic (exact) mass is 215 g/mol. The molecule has 0 radical (unpaired) electrons. The molecule has 0 atom stereocenters. The Kier molecular flexibility index (Phi) is 5.47. The Morgan fingerprint density at radius 3 is 2.93 bits per heavy atom. The van der Waals surface area contributed by atoms with Crippen LogP contribution in [0.5, 0.6) is 0 Å². The zero-order valence-corrected chi connectivity index (χ0v) is 9.56. The minimum Gasteiger partial charge on any atom is -0.381 e. The van der Waals surface area contributed by atoms with Gasteiger partial charge in [0.1, 0.15) is 5.82 Å². The minimum atomic E-state index is 0.818. The number of aromatic nitrogens is 2. The van der Waals surface area contributed by atoms with E-state index in [2.05, 4.69) is 21.6 Å². The molecule has 0 aliphatic carbocycles. The van der Waals surface area contributed by atoms with Crippen molar-refractivity contribution in [3.05, 3.63) is 5.82 Å². The molecule has 0 fully saturated rings. The fourth-order valence-electron chi connectivity index (χ4n) is 0.985. The van der Waals surface area contributed by atoms with Crippen molar-refractivity contribution in [3.63, 3.8) is 0 Å². The lowest BCUT2D eigenvalue weighted by molar-refractivity contribution is 0.134. The van der Waals surface area contributed by atoms with Crippen molar-refractivity contribution >= 4 is 16.7 Å². The molecule has 1 aromatic heterocycles. The maximum Gasteiger partial charge on any atom is 0.202 e. The fraction of sp³-hybridized carbons (Fsp3) is 0.778. The van der Waals surface area contributed by atoms with Crippen molar-refractivity contribution in [3.8, 4) is 0 Å². The fourth-order valence-corrected chi connectivity index (χ4v) is 1.58. The molecule has 4 nitrogen and oxygen atoms in total. The van der Waals surface area contributed by atoms with Crippen molar-refractivity contribution in [2.24, 2.45) is 0 Å². The molecule has 0 aliphatic rings. The summed E-state index contributed by atoms with van der Waals surface area (Å²) in [6.45, 7) is 6.59. The number of hydrogen-bond donors (Lipinski definition) is 1. The summed E-state index contributed by atoms with van der Waals surface area (Å²) in [5, 5.41) is 4.11. The van der Waals surface area contributed by atoms with E-state index in [0.717, 1.165) is 43.6 Å². The number of hydrogen-bond acceptors (Lipinski definition) is 5. The van der Waals surface area contributed by atoms with Gasteiger partial charge in [0.15, 0.2) is 0 Å². The Bertz CT molecular complexity index is 252. The number of nitrogens with zero attached hydrogens (tertiary/aromatic N) is 2. The Balaban J connectivity index is 1.99. The molecule has 0 spiro atoms. The van der Waals surface area contributed by atoms with E-state index in [1.807, 2.05) is 6.92 Å². The molecular weight excluding hydrogens is 198 g/mol. The summed E-state index contributed by atoms with van der Waals surface area (Å²) in [6.07, 6.45) is 2.10. The summed E-state index contributed by atoms with van der Waals surface area (Å²) >= 11 is 1.40. The first-order valence-electron chi connectivity index (χ1n) is 4.95. The van der Waals surface area contributed by atoms with Gasteiger partial charge >= 0.3 is 0 Å². The van der Waals surface area contributed by atoms with Crippen LogP contribution in [0.25, 0.3) is 0 Å². The second-order valence-corrected chi connectivity index (χ2v) is 3.79. The van der Waals surface area contributed by atoms with Crippen molar-refractivity contribution in [2.45, 2.75) is 26.7 Å². The molecule has 0 amide bonds. The highest BCUT2D eigenvalue weighted by Gasteiger charge is 1.97. The Morgan fingerprint density at radius 2 is 2.29 bits per heavy atom. The standard InChI is InChI=1S/C9H17N3OS/c1-3-6-13-7-4-5-10-9-11-8(2)12-14-9/h3-7H2,1-2H3,(H,10,11,12). The zero-order valence-electron chi connectivity index (χ0n) is 8.75. The van der Waals surface area contributed by atoms with Crippen molar-refractivity contribution in [1.29, 1.82) is 0 Å². The summed E-state index contributed by atoms with van der Waals surface area (Å²) in [7, 11) is 0. The Morgan fingerprint density at radius 1 is 1.43 bits per heavy atom. The molecule has 1 rings (SSSR count). The number of rotatable bonds is 7. The van der Waals surface area contributed by atoms with Crippen molar-refractivity contribution in [2.75, 3.05) is 25.1 Å². The Hall–Kier alpha value is -0.680. The molecule has 80 valence electrons. The van der Waals surface area contributed by atoms with Gasteiger partial charge in [-0.05, 0) is 19.8 Å². The van der Waals surface area contributed by atoms with E-state index >= 15 is 0 Å². The van der Waals surface area contributed by atoms with Gasteiger partial charge in [-0.25, -0.2) is 4.98 Å². The van der Waals surface area contributed by atoms with Crippen LogP contribution in [0.4, 0.5) is 5.13 Å². The number of nitrogens with one attached hydrogen (secondary N) is 1. The normalized spacial score (nSPS) is 10.4. The van der Waals surface area contributed by atoms with E-state index in [1.54, 1.807) is 0 Å². The maximum atomic E-state index is 5.35. The van der Waals surface area contributed by atoms with Gasteiger partial charge in [0, 0.05) is 31.3 Å². The third-order valence-corrected chi connectivity index (χ3v) is 2.38. The van der Waals surface area contributed by atoms with Crippen LogP contribution in [0.2, 0.25) is 0 Å². The van der Waals surface area contributed by atoms with E-state index in [9.17, 15) is 0 Å². The van der Waals surface area contributed by atoms with Gasteiger partial charge in [-0.3, -0.25) is 0 Å². The molecule has 5 heteroatoms. The van der Waals surface area contributed by atoms with Gasteiger partial charge in [-0.15, -0.1) is 0 Å². The van der Waals surface area contributed by atoms with Gasteiger partial charge in [0.25, 0.3) is 0 Å². The zero-order chi connectivity index (χ0) is 10.2. The van der Waals surface area contributed by atoms with Crippen LogP contribution in [0.1, 0.15) is 25.6 Å². The molecule has 14 heavy (non-hydrogen) atoms. The summed E-state index contributed by atoms with van der Waals surface area (Å²) in [5.41, 5.74) is 0. The third kappa shape index (κ3) is 4.53. The van der Waals surface area contributed by atoms with Gasteiger partial charge in [0.05, 0.1) is 0 Å². The SMILES string of the molecule is CCCOCCCNc1nc(C)ns1. The van der Waals surface area contributed by atoms with E-state index in [1.165, 1.54) is 11.5 Å². The van der Waals surface area contributed by atoms with Crippen LogP contribution in [0, 0.1) is 6.92 Å². The average molecular weight is 215 g/mol. The first kappa shape index (κ1) is 11.4. The van der Waals surface area contributed by atoms with Crippen LogP contribution in [-0.4, -0.2) is 29.1 Å². The van der Waals surface area contributed by atoms with Crippen LogP contribution in [-0.2, 0) is 4.74 Å². The summed E-state index contributed by atoms with van der Waals surface area (Å²) in [6, 6.07) is 0. The molecule has 1 aromatic rings. The van der Waals surface area contributed by atoms with E-state index in [0.29, 0.717) is 0 Å². The molecular formula is C9H17N3OS. The van der Waals surface area contributed by atoms with Gasteiger partial charge in [-0.2, -0.15) is 4.37 Å². The van der Waals surface area contributed by atoms with Crippen LogP contribution < -0.4 is 5.32 Å². The molecule has 0 bridgehead atoms. The molecule has 0 aromatic carbocycles. The molecule has 0 aliphatic heterocycles. The van der Waals surface area contributed by atoms with E-state index < -0.39 is 0 Å². The maximum absolute atomic E-state index is 5.35. The van der Waals surface area contributed by atoms with E-state index in [-0.39, 0.29) is 0 Å². The third-order valence-electron chi connectivity index (χ3n) is 1.62. The quantitative estimate of drug-likeness (QED) is 0.707. The largest absolute Gasteiger partial charge is 0.381 e. The second kappa shape index (κ2) is 6.73. The van der Waals surface area contributed by atoms with Crippen molar-refractivity contribution in [1.82, 2.24) is 9.36 Å². The number of ether oxygens (including phenoxy) is 1. The van der Waals surface area contributed by atoms with Crippen molar-refractivity contribution < 1.29 is 4.74 Å². The molecule has 0 saturated heterocycles. The lowest BCUT2D eigenvalue weighted by Gasteiger charge is -2.02. The van der Waals surface area contributed by atoms with Gasteiger partial charge in [0.2, 0.25) is 5.13 Å². The van der Waals surface area contributed by atoms with Crippen LogP contribution in [0.3, 0.4) is 0 Å². The predicted octanol–water partition coefficient (Wildman–Crippen LogP) is 2.08. The Labute approximate surface area is 88.9 Å². The number of anilines is 1. The highest BCUT2D eigenvalue weighted by Crippen LogP contribution is 2.09. The smallest absolute Gasteiger partial charge is 0.202 e. The lowest BCUT2D eigenvalue weighted by Crippen LogP contribution is -2.05. The van der Waals surface area contributed by atoms with Gasteiger partial charge < -0.3 is 10.1 Å². The van der Waals surface area contributed by atoms with Crippen LogP contribution >= 0.6 is 11.5 Å². The molecule has 0 saturated carbocycles. The first-order chi connectivity index (χ1) is 6.83. The second-order valence-electron chi connectivity index (χ2n) is 3.04. The average Bonchev–Trinajstić information content (AvgIpc) is 2.58. The molecule has 1 heterocycles. The molecule has 1 N–H and O–H groups in total. The van der Waals surface area contributed by atoms with Gasteiger partial charge in [-0.1, -0.05) is 6.92 Å². The number of aryl methyl sites for hydroxylation is 1. The summed E-state index contributed by atoms with van der Waals surface area (Å²) < 4.78 is 9.44. The minimum absolute atomic E-state index is 0.818. The predicted molar refractivity (Wildman–Crippen MR) is 58.9 cm³/mol. The van der Waals surface area contributed by atoms with Crippen LogP contribution in [0.15, 0.2) is 0 Å². The first-order valence-corrected chi connectivity index (χ1v) is 5.72. The molecule has 0 unspecified atom stereocenters. The highest BCUT2D eigenvalue weighted by atomic mass is 32.1. The topological polar surface area (TPSA) is 47.0 Å². The summed E-state index contributed by atoms with van der Waals surface area (Å²) in [4.78, 5) is 4.20. The highest BCUT2D eigenvalue weighted by molar-refractivity contribution is 7.09. The summed E-state index contributed by atoms with van der Waals surface area (Å²) in [5.74, 6) is 0.833. The van der Waals surface area contributed by atoms with E-state index in [4.69, 9.17) is 4.74 Å². The lowest BCUT2D eigenvalue weighted by atomic mass is 10.4.